The summed E-state index contributed by atoms with van der Waals surface area (Å²) in [5.74, 6) is 0.645. The highest BCUT2D eigenvalue weighted by atomic mass is 16.5. The number of amides is 1. The van der Waals surface area contributed by atoms with Gasteiger partial charge < -0.3 is 14.8 Å². The number of ether oxygens (including phenoxy) is 2. The molecule has 2 aliphatic heterocycles. The van der Waals surface area contributed by atoms with E-state index in [-0.39, 0.29) is 17.9 Å². The topological polar surface area (TPSA) is 47.6 Å². The summed E-state index contributed by atoms with van der Waals surface area (Å²) in [5, 5.41) is 2.82. The number of nitrogens with one attached hydrogen (secondary N) is 1. The van der Waals surface area contributed by atoms with Gasteiger partial charge in [0, 0.05) is 5.41 Å². The van der Waals surface area contributed by atoms with Gasteiger partial charge in [-0.2, -0.15) is 0 Å². The van der Waals surface area contributed by atoms with E-state index in [1.165, 1.54) is 5.56 Å². The van der Waals surface area contributed by atoms with Crippen LogP contribution in [0.15, 0.2) is 18.2 Å². The molecule has 1 aromatic rings. The summed E-state index contributed by atoms with van der Waals surface area (Å²) in [7, 11) is 0. The van der Waals surface area contributed by atoms with Crippen LogP contribution in [-0.4, -0.2) is 25.7 Å². The number of carbonyl (C=O) groups is 1. The highest BCUT2D eigenvalue weighted by Gasteiger charge is 2.35. The lowest BCUT2D eigenvalue weighted by molar-refractivity contribution is -0.118. The Morgan fingerprint density at radius 1 is 1.38 bits per heavy atom. The van der Waals surface area contributed by atoms with Crippen LogP contribution in [0.4, 0.5) is 5.69 Å². The van der Waals surface area contributed by atoms with Crippen LogP contribution in [0, 0.1) is 0 Å². The van der Waals surface area contributed by atoms with Gasteiger partial charge in [0.2, 0.25) is 0 Å². The van der Waals surface area contributed by atoms with E-state index in [0.29, 0.717) is 0 Å². The normalized spacial score (nSPS) is 21.4. The highest BCUT2D eigenvalue weighted by Crippen LogP contribution is 2.37. The van der Waals surface area contributed by atoms with Crippen molar-refractivity contribution in [2.45, 2.75) is 12.3 Å². The summed E-state index contributed by atoms with van der Waals surface area (Å²) in [6.45, 7) is 3.73. The third kappa shape index (κ3) is 1.38. The fourth-order valence-electron chi connectivity index (χ4n) is 2.03. The molecule has 1 N–H and O–H groups in total. The standard InChI is InChI=1S/C12H13NO3/c1-12(6-15-7-12)8-2-3-10-9(4-8)13-11(14)5-16-10/h2-4H,5-7H2,1H3,(H,13,14). The molecule has 0 saturated carbocycles. The van der Waals surface area contributed by atoms with Crippen molar-refractivity contribution in [3.63, 3.8) is 0 Å². The van der Waals surface area contributed by atoms with Crippen molar-refractivity contribution in [2.75, 3.05) is 25.1 Å². The van der Waals surface area contributed by atoms with Crippen molar-refractivity contribution >= 4 is 11.6 Å². The molecule has 4 nitrogen and oxygen atoms in total. The van der Waals surface area contributed by atoms with Gasteiger partial charge in [0.25, 0.3) is 5.91 Å². The van der Waals surface area contributed by atoms with Crippen molar-refractivity contribution in [3.8, 4) is 5.75 Å². The maximum absolute atomic E-state index is 11.2. The second-order valence-electron chi connectivity index (χ2n) is 4.60. The molecule has 0 aromatic heterocycles. The number of anilines is 1. The van der Waals surface area contributed by atoms with Crippen molar-refractivity contribution in [1.82, 2.24) is 0 Å². The summed E-state index contributed by atoms with van der Waals surface area (Å²) in [4.78, 5) is 11.2. The molecule has 16 heavy (non-hydrogen) atoms. The molecule has 0 radical (unpaired) electrons. The number of hydrogen-bond acceptors (Lipinski definition) is 3. The minimum Gasteiger partial charge on any atom is -0.482 e. The van der Waals surface area contributed by atoms with Gasteiger partial charge in [0.15, 0.2) is 6.61 Å². The van der Waals surface area contributed by atoms with Crippen LogP contribution in [0.1, 0.15) is 12.5 Å². The van der Waals surface area contributed by atoms with Gasteiger partial charge in [0.05, 0.1) is 18.9 Å². The number of benzene rings is 1. The van der Waals surface area contributed by atoms with Crippen LogP contribution in [0.25, 0.3) is 0 Å². The van der Waals surface area contributed by atoms with E-state index in [9.17, 15) is 4.79 Å². The minimum absolute atomic E-state index is 0.0806. The zero-order valence-electron chi connectivity index (χ0n) is 9.08. The van der Waals surface area contributed by atoms with E-state index < -0.39 is 0 Å². The molecule has 3 rings (SSSR count). The molecule has 84 valence electrons. The maximum Gasteiger partial charge on any atom is 0.262 e. The maximum atomic E-state index is 11.2. The molecule has 0 spiro atoms. The predicted molar refractivity (Wildman–Crippen MR) is 58.7 cm³/mol. The zero-order chi connectivity index (χ0) is 11.2. The quantitative estimate of drug-likeness (QED) is 0.774. The van der Waals surface area contributed by atoms with Gasteiger partial charge in [-0.15, -0.1) is 0 Å². The number of hydrogen-bond donors (Lipinski definition) is 1. The molecule has 0 aliphatic carbocycles. The summed E-state index contributed by atoms with van der Waals surface area (Å²) < 4.78 is 10.6. The first-order valence-electron chi connectivity index (χ1n) is 5.32. The molecular weight excluding hydrogens is 206 g/mol. The average molecular weight is 219 g/mol. The fraction of sp³-hybridized carbons (Fsp3) is 0.417. The van der Waals surface area contributed by atoms with Crippen LogP contribution in [0.3, 0.4) is 0 Å². The first-order chi connectivity index (χ1) is 7.67. The average Bonchev–Trinajstić information content (AvgIpc) is 2.25. The molecule has 2 aliphatic rings. The Bertz CT molecular complexity index is 452. The summed E-state index contributed by atoms with van der Waals surface area (Å²) in [6, 6.07) is 5.93. The Hall–Kier alpha value is -1.55. The molecule has 2 heterocycles. The molecular formula is C12H13NO3. The Balaban J connectivity index is 1.98. The van der Waals surface area contributed by atoms with E-state index in [1.54, 1.807) is 0 Å². The number of rotatable bonds is 1. The first-order valence-corrected chi connectivity index (χ1v) is 5.32. The van der Waals surface area contributed by atoms with Gasteiger partial charge in [0.1, 0.15) is 5.75 Å². The minimum atomic E-state index is -0.0975. The van der Waals surface area contributed by atoms with Crippen LogP contribution in [0.5, 0.6) is 5.75 Å². The molecule has 1 amide bonds. The van der Waals surface area contributed by atoms with E-state index >= 15 is 0 Å². The first kappa shape index (κ1) is 9.66. The van der Waals surface area contributed by atoms with E-state index in [4.69, 9.17) is 9.47 Å². The predicted octanol–water partition coefficient (Wildman–Crippen LogP) is 1.31. The van der Waals surface area contributed by atoms with E-state index in [1.807, 2.05) is 18.2 Å². The lowest BCUT2D eigenvalue weighted by Crippen LogP contribution is -2.43. The van der Waals surface area contributed by atoms with Crippen molar-refractivity contribution in [3.05, 3.63) is 23.8 Å². The molecule has 0 unspecified atom stereocenters. The molecule has 0 bridgehead atoms. The smallest absolute Gasteiger partial charge is 0.262 e. The van der Waals surface area contributed by atoms with E-state index in [2.05, 4.69) is 12.2 Å². The Morgan fingerprint density at radius 3 is 2.88 bits per heavy atom. The molecule has 0 atom stereocenters. The van der Waals surface area contributed by atoms with Crippen LogP contribution < -0.4 is 10.1 Å². The van der Waals surface area contributed by atoms with Crippen LogP contribution in [0.2, 0.25) is 0 Å². The van der Waals surface area contributed by atoms with Gasteiger partial charge in [-0.05, 0) is 17.7 Å². The monoisotopic (exact) mass is 219 g/mol. The second-order valence-corrected chi connectivity index (χ2v) is 4.60. The fourth-order valence-corrected chi connectivity index (χ4v) is 2.03. The molecule has 1 saturated heterocycles. The Kier molecular flexibility index (Phi) is 1.94. The lowest BCUT2D eigenvalue weighted by atomic mass is 9.80. The van der Waals surface area contributed by atoms with Gasteiger partial charge in [-0.25, -0.2) is 0 Å². The lowest BCUT2D eigenvalue weighted by Gasteiger charge is -2.39. The highest BCUT2D eigenvalue weighted by molar-refractivity contribution is 5.95. The summed E-state index contributed by atoms with van der Waals surface area (Å²) in [5.41, 5.74) is 2.03. The summed E-state index contributed by atoms with van der Waals surface area (Å²) >= 11 is 0. The van der Waals surface area contributed by atoms with Crippen molar-refractivity contribution in [1.29, 1.82) is 0 Å². The zero-order valence-corrected chi connectivity index (χ0v) is 9.08. The number of carbonyl (C=O) groups excluding carboxylic acids is 1. The summed E-state index contributed by atoms with van der Waals surface area (Å²) in [6.07, 6.45) is 0. The van der Waals surface area contributed by atoms with Crippen LogP contribution in [-0.2, 0) is 14.9 Å². The Morgan fingerprint density at radius 2 is 2.19 bits per heavy atom. The largest absolute Gasteiger partial charge is 0.482 e. The van der Waals surface area contributed by atoms with Gasteiger partial charge in [-0.3, -0.25) is 4.79 Å². The number of fused-ring (bicyclic) bond motifs is 1. The van der Waals surface area contributed by atoms with Crippen molar-refractivity contribution < 1.29 is 14.3 Å². The third-order valence-electron chi connectivity index (χ3n) is 3.15. The van der Waals surface area contributed by atoms with Gasteiger partial charge >= 0.3 is 0 Å². The second kappa shape index (κ2) is 3.22. The molecule has 1 aromatic carbocycles. The Labute approximate surface area is 93.5 Å². The molecule has 1 fully saturated rings. The van der Waals surface area contributed by atoms with E-state index in [0.717, 1.165) is 24.7 Å². The third-order valence-corrected chi connectivity index (χ3v) is 3.15. The van der Waals surface area contributed by atoms with Crippen LogP contribution >= 0.6 is 0 Å². The SMILES string of the molecule is CC1(c2ccc3c(c2)NC(=O)CO3)COC1. The van der Waals surface area contributed by atoms with Crippen molar-refractivity contribution in [2.24, 2.45) is 0 Å². The molecule has 4 heteroatoms. The van der Waals surface area contributed by atoms with Gasteiger partial charge in [-0.1, -0.05) is 13.0 Å².